The molecule has 0 spiro atoms. The first kappa shape index (κ1) is 19.4. The zero-order valence-corrected chi connectivity index (χ0v) is 15.5. The minimum Gasteiger partial charge on any atom is -0.382 e. The molecule has 144 valence electrons. The Hall–Kier alpha value is -3.33. The molecular formula is C19H16F2N4O2S. The summed E-state index contributed by atoms with van der Waals surface area (Å²) in [7, 11) is 0. The van der Waals surface area contributed by atoms with Gasteiger partial charge in [-0.05, 0) is 19.1 Å². The molecule has 0 aliphatic rings. The number of carbonyl (C=O) groups is 2. The molecule has 0 fully saturated rings. The van der Waals surface area contributed by atoms with Crippen LogP contribution in [0.3, 0.4) is 0 Å². The van der Waals surface area contributed by atoms with Gasteiger partial charge >= 0.3 is 0 Å². The number of benzene rings is 2. The molecule has 0 bridgehead atoms. The first-order valence-electron chi connectivity index (χ1n) is 8.19. The van der Waals surface area contributed by atoms with Crippen LogP contribution in [0.2, 0.25) is 0 Å². The smallest absolute Gasteiger partial charge is 0.240 e. The quantitative estimate of drug-likeness (QED) is 0.616. The highest BCUT2D eigenvalue weighted by Gasteiger charge is 2.28. The van der Waals surface area contributed by atoms with Crippen molar-refractivity contribution in [3.63, 3.8) is 0 Å². The van der Waals surface area contributed by atoms with Crippen LogP contribution >= 0.6 is 11.3 Å². The summed E-state index contributed by atoms with van der Waals surface area (Å²) >= 11 is 0.937. The minimum absolute atomic E-state index is 0.0295. The van der Waals surface area contributed by atoms with Crippen LogP contribution in [0.25, 0.3) is 0 Å². The number of carbonyl (C=O) groups excluding carboxylic acids is 2. The number of primary amides is 1. The van der Waals surface area contributed by atoms with Gasteiger partial charge in [-0.2, -0.15) is 0 Å². The van der Waals surface area contributed by atoms with Crippen LogP contribution in [0.15, 0.2) is 48.5 Å². The van der Waals surface area contributed by atoms with Gasteiger partial charge in [0, 0.05) is 17.3 Å². The third kappa shape index (κ3) is 3.70. The molecule has 3 aromatic rings. The van der Waals surface area contributed by atoms with E-state index in [1.165, 1.54) is 17.9 Å². The number of thiazole rings is 1. The molecule has 4 N–H and O–H groups in total. The Morgan fingerprint density at radius 1 is 1.11 bits per heavy atom. The highest BCUT2D eigenvalue weighted by Crippen LogP contribution is 2.36. The van der Waals surface area contributed by atoms with Gasteiger partial charge < -0.3 is 16.4 Å². The molecule has 1 amide bonds. The van der Waals surface area contributed by atoms with Gasteiger partial charge in [-0.3, -0.25) is 9.59 Å². The molecule has 28 heavy (non-hydrogen) atoms. The van der Waals surface area contributed by atoms with E-state index in [4.69, 9.17) is 11.5 Å². The molecule has 3 rings (SSSR count). The number of hydrogen-bond acceptors (Lipinski definition) is 6. The van der Waals surface area contributed by atoms with Crippen molar-refractivity contribution < 1.29 is 18.4 Å². The second kappa shape index (κ2) is 7.73. The fraction of sp³-hybridized carbons (Fsp3) is 0.105. The molecule has 9 heteroatoms. The van der Waals surface area contributed by atoms with Gasteiger partial charge in [0.05, 0.1) is 0 Å². The summed E-state index contributed by atoms with van der Waals surface area (Å²) in [6.45, 7) is 1.49. The van der Waals surface area contributed by atoms with Crippen molar-refractivity contribution >= 4 is 39.7 Å². The third-order valence-electron chi connectivity index (χ3n) is 4.07. The van der Waals surface area contributed by atoms with Crippen LogP contribution in [-0.2, 0) is 4.79 Å². The van der Waals surface area contributed by atoms with E-state index in [1.807, 2.05) is 0 Å². The van der Waals surface area contributed by atoms with Gasteiger partial charge in [-0.1, -0.05) is 41.7 Å². The largest absolute Gasteiger partial charge is 0.382 e. The average molecular weight is 402 g/mol. The average Bonchev–Trinajstić information content (AvgIpc) is 3.05. The lowest BCUT2D eigenvalue weighted by Gasteiger charge is -2.26. The van der Waals surface area contributed by atoms with E-state index in [9.17, 15) is 18.4 Å². The summed E-state index contributed by atoms with van der Waals surface area (Å²) in [4.78, 5) is 30.1. The van der Waals surface area contributed by atoms with Gasteiger partial charge in [-0.25, -0.2) is 13.8 Å². The van der Waals surface area contributed by atoms with Crippen molar-refractivity contribution in [2.24, 2.45) is 5.73 Å². The summed E-state index contributed by atoms with van der Waals surface area (Å²) in [5.74, 6) is -3.20. The Kier molecular flexibility index (Phi) is 5.36. The molecule has 1 aromatic heterocycles. The highest BCUT2D eigenvalue weighted by atomic mass is 32.1. The van der Waals surface area contributed by atoms with Crippen molar-refractivity contribution in [2.45, 2.75) is 13.0 Å². The molecule has 2 aromatic carbocycles. The topological polar surface area (TPSA) is 102 Å². The standard InChI is InChI=1S/C19H16F2N4O2S/c1-10(18(23)27)25(12-7-8-13(20)14(21)9-12)19-24-17(22)16(28-19)15(26)11-5-3-2-4-6-11/h2-10H,22H2,1H3,(H2,23,27)/t10-/m1/s1. The van der Waals surface area contributed by atoms with Crippen molar-refractivity contribution in [1.29, 1.82) is 0 Å². The van der Waals surface area contributed by atoms with E-state index in [0.717, 1.165) is 23.5 Å². The van der Waals surface area contributed by atoms with Gasteiger partial charge in [0.15, 0.2) is 16.8 Å². The Balaban J connectivity index is 2.07. The minimum atomic E-state index is -1.09. The normalized spacial score (nSPS) is 11.8. The molecule has 0 unspecified atom stereocenters. The number of amides is 1. The number of nitrogens with zero attached hydrogens (tertiary/aromatic N) is 2. The van der Waals surface area contributed by atoms with E-state index in [1.54, 1.807) is 30.3 Å². The lowest BCUT2D eigenvalue weighted by Crippen LogP contribution is -2.40. The van der Waals surface area contributed by atoms with Crippen molar-refractivity contribution in [3.05, 3.63) is 70.6 Å². The van der Waals surface area contributed by atoms with E-state index in [2.05, 4.69) is 4.98 Å². The molecule has 1 heterocycles. The number of nitrogen functional groups attached to an aromatic ring is 1. The van der Waals surface area contributed by atoms with E-state index in [-0.39, 0.29) is 27.3 Å². The Morgan fingerprint density at radius 3 is 2.39 bits per heavy atom. The number of ketones is 1. The molecule has 1 atom stereocenters. The Bertz CT molecular complexity index is 1040. The molecule has 6 nitrogen and oxygen atoms in total. The van der Waals surface area contributed by atoms with Crippen LogP contribution in [0, 0.1) is 11.6 Å². The van der Waals surface area contributed by atoms with Crippen LogP contribution in [0.5, 0.6) is 0 Å². The van der Waals surface area contributed by atoms with Gasteiger partial charge in [0.1, 0.15) is 16.7 Å². The molecular weight excluding hydrogens is 386 g/mol. The lowest BCUT2D eigenvalue weighted by atomic mass is 10.1. The lowest BCUT2D eigenvalue weighted by molar-refractivity contribution is -0.118. The number of aromatic nitrogens is 1. The fourth-order valence-electron chi connectivity index (χ4n) is 2.57. The van der Waals surface area contributed by atoms with Crippen LogP contribution < -0.4 is 16.4 Å². The van der Waals surface area contributed by atoms with E-state index in [0.29, 0.717) is 5.56 Å². The predicted molar refractivity (Wildman–Crippen MR) is 104 cm³/mol. The molecule has 0 aliphatic heterocycles. The number of anilines is 3. The molecule has 0 aliphatic carbocycles. The van der Waals surface area contributed by atoms with E-state index < -0.39 is 23.6 Å². The number of rotatable bonds is 6. The third-order valence-corrected chi connectivity index (χ3v) is 5.14. The second-order valence-electron chi connectivity index (χ2n) is 5.95. The van der Waals surface area contributed by atoms with Crippen molar-refractivity contribution in [1.82, 2.24) is 4.98 Å². The fourth-order valence-corrected chi connectivity index (χ4v) is 3.62. The van der Waals surface area contributed by atoms with Gasteiger partial charge in [0.2, 0.25) is 11.7 Å². The summed E-state index contributed by atoms with van der Waals surface area (Å²) in [6.07, 6.45) is 0. The Labute approximate surface area is 163 Å². The summed E-state index contributed by atoms with van der Waals surface area (Å²) < 4.78 is 27.1. The summed E-state index contributed by atoms with van der Waals surface area (Å²) in [6, 6.07) is 10.7. The first-order chi connectivity index (χ1) is 13.3. The maximum absolute atomic E-state index is 13.7. The zero-order chi connectivity index (χ0) is 20.4. The zero-order valence-electron chi connectivity index (χ0n) is 14.7. The monoisotopic (exact) mass is 402 g/mol. The van der Waals surface area contributed by atoms with Crippen LogP contribution in [0.1, 0.15) is 22.2 Å². The predicted octanol–water partition coefficient (Wildman–Crippen LogP) is 3.25. The molecule has 0 radical (unpaired) electrons. The van der Waals surface area contributed by atoms with E-state index >= 15 is 0 Å². The number of hydrogen-bond donors (Lipinski definition) is 2. The second-order valence-corrected chi connectivity index (χ2v) is 6.93. The maximum atomic E-state index is 13.7. The maximum Gasteiger partial charge on any atom is 0.240 e. The SMILES string of the molecule is C[C@H](C(N)=O)N(c1ccc(F)c(F)c1)c1nc(N)c(C(=O)c2ccccc2)s1. The summed E-state index contributed by atoms with van der Waals surface area (Å²) in [5.41, 5.74) is 11.9. The van der Waals surface area contributed by atoms with Gasteiger partial charge in [-0.15, -0.1) is 0 Å². The van der Waals surface area contributed by atoms with Crippen molar-refractivity contribution in [2.75, 3.05) is 10.6 Å². The number of halogens is 2. The molecule has 0 saturated heterocycles. The van der Waals surface area contributed by atoms with Gasteiger partial charge in [0.25, 0.3) is 0 Å². The van der Waals surface area contributed by atoms with Crippen LogP contribution in [0.4, 0.5) is 25.4 Å². The van der Waals surface area contributed by atoms with Crippen molar-refractivity contribution in [3.8, 4) is 0 Å². The molecule has 0 saturated carbocycles. The summed E-state index contributed by atoms with van der Waals surface area (Å²) in [5, 5.41) is 0.161. The number of nitrogens with two attached hydrogens (primary N) is 2. The first-order valence-corrected chi connectivity index (χ1v) is 9.01. The van der Waals surface area contributed by atoms with Crippen LogP contribution in [-0.4, -0.2) is 22.7 Å². The Morgan fingerprint density at radius 2 is 1.79 bits per heavy atom. The highest BCUT2D eigenvalue weighted by molar-refractivity contribution is 7.18.